The lowest BCUT2D eigenvalue weighted by molar-refractivity contribution is 0.0508. The highest BCUT2D eigenvalue weighted by molar-refractivity contribution is 5.85. The topological polar surface area (TPSA) is 83.0 Å². The van der Waals surface area contributed by atoms with Crippen LogP contribution in [0.3, 0.4) is 0 Å². The van der Waals surface area contributed by atoms with Crippen LogP contribution in [0.2, 0.25) is 0 Å². The lowest BCUT2D eigenvalue weighted by Gasteiger charge is -2.07. The standard InChI is InChI=1S/C14H11FN4O3/c1-2-21-14(20)12-17-13(22-18-12)9-4-3-5-10(15)11(9)19-7-6-16-8-19/h3-8H,2H2,1H3. The van der Waals surface area contributed by atoms with Gasteiger partial charge in [-0.15, -0.1) is 0 Å². The molecule has 0 fully saturated rings. The number of imidazole rings is 1. The van der Waals surface area contributed by atoms with Gasteiger partial charge in [-0.1, -0.05) is 6.07 Å². The second-order valence-corrected chi connectivity index (χ2v) is 4.25. The molecule has 0 saturated heterocycles. The van der Waals surface area contributed by atoms with Crippen LogP contribution in [0.1, 0.15) is 17.5 Å². The quantitative estimate of drug-likeness (QED) is 0.687. The van der Waals surface area contributed by atoms with E-state index in [2.05, 4.69) is 15.1 Å². The number of nitrogens with zero attached hydrogens (tertiary/aromatic N) is 4. The molecule has 3 rings (SSSR count). The minimum absolute atomic E-state index is 0.0197. The number of benzene rings is 1. The first-order valence-electron chi connectivity index (χ1n) is 6.48. The van der Waals surface area contributed by atoms with Gasteiger partial charge in [0.05, 0.1) is 24.2 Å². The third-order valence-electron chi connectivity index (χ3n) is 2.86. The Morgan fingerprint density at radius 3 is 3.05 bits per heavy atom. The molecule has 0 amide bonds. The van der Waals surface area contributed by atoms with E-state index in [0.29, 0.717) is 5.56 Å². The predicted octanol–water partition coefficient (Wildman–Crippen LogP) is 2.24. The molecule has 0 aliphatic carbocycles. The Hall–Kier alpha value is -3.03. The molecule has 2 aromatic heterocycles. The molecule has 0 bridgehead atoms. The molecule has 112 valence electrons. The second-order valence-electron chi connectivity index (χ2n) is 4.25. The van der Waals surface area contributed by atoms with Crippen LogP contribution < -0.4 is 0 Å². The third kappa shape index (κ3) is 2.46. The fourth-order valence-corrected chi connectivity index (χ4v) is 1.95. The monoisotopic (exact) mass is 302 g/mol. The van der Waals surface area contributed by atoms with Crippen LogP contribution in [-0.4, -0.2) is 32.3 Å². The van der Waals surface area contributed by atoms with Crippen molar-refractivity contribution in [2.75, 3.05) is 6.61 Å². The molecular weight excluding hydrogens is 291 g/mol. The van der Waals surface area contributed by atoms with E-state index in [1.165, 1.54) is 29.2 Å². The summed E-state index contributed by atoms with van der Waals surface area (Å²) in [5.41, 5.74) is 0.556. The lowest BCUT2D eigenvalue weighted by atomic mass is 10.1. The van der Waals surface area contributed by atoms with Crippen LogP contribution in [0.5, 0.6) is 0 Å². The van der Waals surface area contributed by atoms with Gasteiger partial charge in [0.25, 0.3) is 11.7 Å². The highest BCUT2D eigenvalue weighted by atomic mass is 19.1. The zero-order valence-electron chi connectivity index (χ0n) is 11.6. The SMILES string of the molecule is CCOC(=O)c1noc(-c2cccc(F)c2-n2ccnc2)n1. The molecule has 0 atom stereocenters. The van der Waals surface area contributed by atoms with E-state index in [0.717, 1.165) is 0 Å². The molecule has 1 aromatic carbocycles. The highest BCUT2D eigenvalue weighted by Gasteiger charge is 2.20. The van der Waals surface area contributed by atoms with Gasteiger partial charge in [-0.05, 0) is 24.2 Å². The van der Waals surface area contributed by atoms with Crippen molar-refractivity contribution in [1.29, 1.82) is 0 Å². The Bertz CT molecular complexity index is 798. The van der Waals surface area contributed by atoms with Crippen molar-refractivity contribution in [2.45, 2.75) is 6.92 Å². The number of hydrogen-bond acceptors (Lipinski definition) is 6. The first kappa shape index (κ1) is 13.9. The van der Waals surface area contributed by atoms with Gasteiger partial charge in [-0.3, -0.25) is 0 Å². The van der Waals surface area contributed by atoms with E-state index in [9.17, 15) is 9.18 Å². The number of halogens is 1. The molecule has 3 aromatic rings. The fourth-order valence-electron chi connectivity index (χ4n) is 1.95. The van der Waals surface area contributed by atoms with E-state index < -0.39 is 11.8 Å². The van der Waals surface area contributed by atoms with Gasteiger partial charge >= 0.3 is 5.97 Å². The zero-order valence-corrected chi connectivity index (χ0v) is 11.6. The van der Waals surface area contributed by atoms with E-state index in [1.54, 1.807) is 19.2 Å². The van der Waals surface area contributed by atoms with Gasteiger partial charge in [0, 0.05) is 12.4 Å². The maximum atomic E-state index is 14.2. The Morgan fingerprint density at radius 1 is 1.45 bits per heavy atom. The third-order valence-corrected chi connectivity index (χ3v) is 2.86. The molecule has 0 N–H and O–H groups in total. The van der Waals surface area contributed by atoms with Crippen LogP contribution in [0, 0.1) is 5.82 Å². The lowest BCUT2D eigenvalue weighted by Crippen LogP contribution is -2.06. The summed E-state index contributed by atoms with van der Waals surface area (Å²) < 4.78 is 25.5. The maximum Gasteiger partial charge on any atom is 0.379 e. The van der Waals surface area contributed by atoms with Crippen molar-refractivity contribution < 1.29 is 18.4 Å². The first-order chi connectivity index (χ1) is 10.7. The molecule has 0 aliphatic heterocycles. The number of aromatic nitrogens is 4. The van der Waals surface area contributed by atoms with E-state index in [-0.39, 0.29) is 24.0 Å². The molecule has 7 nitrogen and oxygen atoms in total. The molecule has 0 aliphatic rings. The van der Waals surface area contributed by atoms with Crippen molar-refractivity contribution in [2.24, 2.45) is 0 Å². The fraction of sp³-hybridized carbons (Fsp3) is 0.143. The van der Waals surface area contributed by atoms with Gasteiger partial charge in [0.15, 0.2) is 0 Å². The molecule has 22 heavy (non-hydrogen) atoms. The largest absolute Gasteiger partial charge is 0.460 e. The number of ether oxygens (including phenoxy) is 1. The van der Waals surface area contributed by atoms with Crippen LogP contribution in [0.15, 0.2) is 41.4 Å². The Labute approximate surface area is 124 Å². The van der Waals surface area contributed by atoms with Crippen molar-refractivity contribution in [3.8, 4) is 17.1 Å². The minimum atomic E-state index is -0.696. The van der Waals surface area contributed by atoms with Gasteiger partial charge in [0.1, 0.15) is 5.82 Å². The minimum Gasteiger partial charge on any atom is -0.460 e. The summed E-state index contributed by atoms with van der Waals surface area (Å²) in [6.45, 7) is 1.87. The smallest absolute Gasteiger partial charge is 0.379 e. The summed E-state index contributed by atoms with van der Waals surface area (Å²) in [6, 6.07) is 4.43. The number of carbonyl (C=O) groups is 1. The van der Waals surface area contributed by atoms with Gasteiger partial charge in [-0.25, -0.2) is 14.2 Å². The summed E-state index contributed by atoms with van der Waals surface area (Å²) in [4.78, 5) is 19.4. The van der Waals surface area contributed by atoms with Crippen LogP contribution >= 0.6 is 0 Å². The molecule has 0 radical (unpaired) electrons. The highest BCUT2D eigenvalue weighted by Crippen LogP contribution is 2.27. The summed E-state index contributed by atoms with van der Waals surface area (Å²) in [6.07, 6.45) is 4.56. The summed E-state index contributed by atoms with van der Waals surface area (Å²) in [7, 11) is 0. The number of para-hydroxylation sites is 1. The van der Waals surface area contributed by atoms with Crippen molar-refractivity contribution >= 4 is 5.97 Å². The van der Waals surface area contributed by atoms with Gasteiger partial charge in [0.2, 0.25) is 0 Å². The van der Waals surface area contributed by atoms with E-state index in [4.69, 9.17) is 9.26 Å². The van der Waals surface area contributed by atoms with Crippen molar-refractivity contribution in [1.82, 2.24) is 19.7 Å². The Morgan fingerprint density at radius 2 is 2.32 bits per heavy atom. The second kappa shape index (κ2) is 5.76. The van der Waals surface area contributed by atoms with Gasteiger partial charge in [-0.2, -0.15) is 4.98 Å². The normalized spacial score (nSPS) is 10.6. The molecule has 2 heterocycles. The van der Waals surface area contributed by atoms with Crippen LogP contribution in [0.4, 0.5) is 4.39 Å². The Balaban J connectivity index is 2.06. The predicted molar refractivity (Wildman–Crippen MR) is 72.8 cm³/mol. The summed E-state index contributed by atoms with van der Waals surface area (Å²) in [5.74, 6) is -1.37. The van der Waals surface area contributed by atoms with E-state index in [1.807, 2.05) is 0 Å². The molecule has 0 unspecified atom stereocenters. The average molecular weight is 302 g/mol. The number of carbonyl (C=O) groups excluding carboxylic acids is 1. The average Bonchev–Trinajstić information content (AvgIpc) is 3.19. The molecule has 0 saturated carbocycles. The first-order valence-corrected chi connectivity index (χ1v) is 6.48. The van der Waals surface area contributed by atoms with Crippen LogP contribution in [-0.2, 0) is 4.74 Å². The zero-order chi connectivity index (χ0) is 15.5. The Kier molecular flexibility index (Phi) is 3.65. The summed E-state index contributed by atoms with van der Waals surface area (Å²) >= 11 is 0. The molecular formula is C14H11FN4O3. The van der Waals surface area contributed by atoms with Crippen molar-refractivity contribution in [3.05, 3.63) is 48.6 Å². The van der Waals surface area contributed by atoms with Crippen molar-refractivity contribution in [3.63, 3.8) is 0 Å². The maximum absolute atomic E-state index is 14.2. The molecule has 0 spiro atoms. The molecule has 8 heteroatoms. The summed E-state index contributed by atoms with van der Waals surface area (Å²) in [5, 5.41) is 3.56. The van der Waals surface area contributed by atoms with E-state index >= 15 is 0 Å². The number of esters is 1. The number of hydrogen-bond donors (Lipinski definition) is 0. The number of rotatable bonds is 4. The van der Waals surface area contributed by atoms with Crippen LogP contribution in [0.25, 0.3) is 17.1 Å². The van der Waals surface area contributed by atoms with Gasteiger partial charge < -0.3 is 13.8 Å².